The minimum atomic E-state index is -0.255. The van der Waals surface area contributed by atoms with E-state index < -0.39 is 0 Å². The molecule has 4 heteroatoms. The minimum Gasteiger partial charge on any atom is -0.495 e. The highest BCUT2D eigenvalue weighted by molar-refractivity contribution is 5.95. The van der Waals surface area contributed by atoms with Crippen LogP contribution in [0, 0.1) is 12.8 Å². The minimum absolute atomic E-state index is 0.00345. The molecule has 0 saturated heterocycles. The average Bonchev–Trinajstić information content (AvgIpc) is 2.68. The molecule has 0 radical (unpaired) electrons. The molecule has 1 atom stereocenters. The van der Waals surface area contributed by atoms with Crippen LogP contribution >= 0.6 is 0 Å². The predicted octanol–water partition coefficient (Wildman–Crippen LogP) is 3.83. The second-order valence-electron chi connectivity index (χ2n) is 7.79. The van der Waals surface area contributed by atoms with E-state index in [1.807, 2.05) is 55.5 Å². The van der Waals surface area contributed by atoms with Crippen LogP contribution in [0.3, 0.4) is 0 Å². The molecule has 2 aromatic rings. The van der Waals surface area contributed by atoms with Crippen molar-refractivity contribution >= 4 is 11.6 Å². The van der Waals surface area contributed by atoms with Crippen LogP contribution in [0.1, 0.15) is 49.8 Å². The van der Waals surface area contributed by atoms with Crippen LogP contribution in [0.2, 0.25) is 0 Å². The van der Waals surface area contributed by atoms with Crippen LogP contribution in [-0.4, -0.2) is 19.1 Å². The number of aryl methyl sites for hydroxylation is 1. The van der Waals surface area contributed by atoms with Crippen molar-refractivity contribution in [3.63, 3.8) is 0 Å². The number of nitrogens with one attached hydrogen (secondary N) is 1. The molecule has 1 aliphatic carbocycles. The molecule has 0 aliphatic heterocycles. The molecule has 0 spiro atoms. The second-order valence-corrected chi connectivity index (χ2v) is 7.79. The third kappa shape index (κ3) is 5.10. The van der Waals surface area contributed by atoms with Gasteiger partial charge in [0, 0.05) is 5.56 Å². The Hall–Kier alpha value is -2.33. The first-order valence-corrected chi connectivity index (χ1v) is 9.92. The first kappa shape index (κ1) is 19.4. The normalized spacial score (nSPS) is 20.7. The number of amides is 1. The number of methoxy groups -OCH3 is 1. The smallest absolute Gasteiger partial charge is 0.287 e. The molecular formula is C23H31N2O2+. The molecule has 3 rings (SSSR count). The zero-order chi connectivity index (χ0) is 19.2. The fraction of sp³-hybridized carbons (Fsp3) is 0.435. The third-order valence-corrected chi connectivity index (χ3v) is 5.58. The van der Waals surface area contributed by atoms with Gasteiger partial charge in [0.1, 0.15) is 5.75 Å². The lowest BCUT2D eigenvalue weighted by atomic mass is 9.86. The molecule has 0 unspecified atom stereocenters. The van der Waals surface area contributed by atoms with E-state index in [4.69, 9.17) is 4.74 Å². The molecule has 1 saturated carbocycles. The fourth-order valence-electron chi connectivity index (χ4n) is 3.89. The summed E-state index contributed by atoms with van der Waals surface area (Å²) < 4.78 is 5.42. The van der Waals surface area contributed by atoms with Crippen LogP contribution < -0.4 is 15.4 Å². The van der Waals surface area contributed by atoms with E-state index in [1.54, 1.807) is 7.11 Å². The Morgan fingerprint density at radius 3 is 2.48 bits per heavy atom. The van der Waals surface area contributed by atoms with E-state index in [0.717, 1.165) is 22.7 Å². The Bertz CT molecular complexity index is 752. The molecule has 1 amide bonds. The Labute approximate surface area is 162 Å². The summed E-state index contributed by atoms with van der Waals surface area (Å²) in [7, 11) is 1.63. The monoisotopic (exact) mass is 367 g/mol. The van der Waals surface area contributed by atoms with Gasteiger partial charge in [-0.25, -0.2) is 0 Å². The number of quaternary nitrogens is 1. The Balaban J connectivity index is 1.80. The average molecular weight is 368 g/mol. The van der Waals surface area contributed by atoms with Crippen molar-refractivity contribution in [1.82, 2.24) is 0 Å². The summed E-state index contributed by atoms with van der Waals surface area (Å²) in [4.78, 5) is 13.2. The van der Waals surface area contributed by atoms with Crippen LogP contribution in [0.25, 0.3) is 0 Å². The summed E-state index contributed by atoms with van der Waals surface area (Å²) in [6.07, 6.45) is 4.84. The first-order valence-electron chi connectivity index (χ1n) is 9.92. The maximum absolute atomic E-state index is 13.2. The summed E-state index contributed by atoms with van der Waals surface area (Å²) in [5, 5.41) is 5.37. The Morgan fingerprint density at radius 1 is 1.11 bits per heavy atom. The number of nitrogens with two attached hydrogens (primary N) is 1. The maximum atomic E-state index is 13.2. The van der Waals surface area contributed by atoms with Crippen LogP contribution in [0.15, 0.2) is 48.5 Å². The lowest BCUT2D eigenvalue weighted by molar-refractivity contribution is -0.717. The quantitative estimate of drug-likeness (QED) is 0.815. The molecule has 0 aromatic heterocycles. The van der Waals surface area contributed by atoms with E-state index in [-0.39, 0.29) is 11.9 Å². The van der Waals surface area contributed by atoms with Crippen molar-refractivity contribution in [3.05, 3.63) is 59.7 Å². The van der Waals surface area contributed by atoms with Crippen molar-refractivity contribution in [2.45, 2.75) is 51.6 Å². The number of carbonyl (C=O) groups is 1. The number of hydrogen-bond donors (Lipinski definition) is 2. The number of carbonyl (C=O) groups excluding carboxylic acids is 1. The molecule has 144 valence electrons. The third-order valence-electron chi connectivity index (χ3n) is 5.58. The van der Waals surface area contributed by atoms with Gasteiger partial charge in [-0.05, 0) is 56.2 Å². The topological polar surface area (TPSA) is 54.9 Å². The SMILES string of the molecule is COc1ccc(C)cc1NC(=O)[C@@H]([NH2+]C1CCC(C)CC1)c1ccccc1. The fourth-order valence-corrected chi connectivity index (χ4v) is 3.89. The summed E-state index contributed by atoms with van der Waals surface area (Å²) in [5.74, 6) is 1.49. The summed E-state index contributed by atoms with van der Waals surface area (Å²) >= 11 is 0. The maximum Gasteiger partial charge on any atom is 0.287 e. The van der Waals surface area contributed by atoms with E-state index in [2.05, 4.69) is 17.6 Å². The van der Waals surface area contributed by atoms with Gasteiger partial charge in [-0.15, -0.1) is 0 Å². The van der Waals surface area contributed by atoms with Crippen LogP contribution in [0.4, 0.5) is 5.69 Å². The standard InChI is InChI=1S/C23H30N2O2/c1-16-9-12-19(13-10-16)24-22(18-7-5-4-6-8-18)23(26)25-20-15-17(2)11-14-21(20)27-3/h4-8,11,14-16,19,22,24H,9-10,12-13H2,1-3H3,(H,25,26)/p+1/t16?,19?,22-/m0/s1. The van der Waals surface area contributed by atoms with Gasteiger partial charge in [-0.2, -0.15) is 0 Å². The van der Waals surface area contributed by atoms with E-state index >= 15 is 0 Å². The molecule has 3 N–H and O–H groups in total. The highest BCUT2D eigenvalue weighted by atomic mass is 16.5. The molecule has 27 heavy (non-hydrogen) atoms. The van der Waals surface area contributed by atoms with Gasteiger partial charge >= 0.3 is 0 Å². The van der Waals surface area contributed by atoms with Gasteiger partial charge in [0.15, 0.2) is 6.04 Å². The molecule has 4 nitrogen and oxygen atoms in total. The second kappa shape index (κ2) is 9.05. The van der Waals surface area contributed by atoms with E-state index in [9.17, 15) is 4.79 Å². The molecular weight excluding hydrogens is 336 g/mol. The van der Waals surface area contributed by atoms with Crippen molar-refractivity contribution in [2.24, 2.45) is 5.92 Å². The molecule has 0 heterocycles. The summed E-state index contributed by atoms with van der Waals surface area (Å²) in [6.45, 7) is 4.33. The van der Waals surface area contributed by atoms with Crippen molar-refractivity contribution in [3.8, 4) is 5.75 Å². The molecule has 1 aliphatic rings. The highest BCUT2D eigenvalue weighted by Crippen LogP contribution is 2.27. The summed E-state index contributed by atoms with van der Waals surface area (Å²) in [5.41, 5.74) is 2.86. The van der Waals surface area contributed by atoms with Gasteiger partial charge in [0.25, 0.3) is 5.91 Å². The zero-order valence-electron chi connectivity index (χ0n) is 16.6. The predicted molar refractivity (Wildman–Crippen MR) is 109 cm³/mol. The van der Waals surface area contributed by atoms with Crippen LogP contribution in [-0.2, 0) is 4.79 Å². The van der Waals surface area contributed by atoms with Gasteiger partial charge in [0.05, 0.1) is 18.8 Å². The molecule has 0 bridgehead atoms. The lowest BCUT2D eigenvalue weighted by Gasteiger charge is -2.28. The number of anilines is 1. The van der Waals surface area contributed by atoms with Crippen molar-refractivity contribution in [2.75, 3.05) is 12.4 Å². The zero-order valence-corrected chi connectivity index (χ0v) is 16.6. The molecule has 2 aromatic carbocycles. The number of benzene rings is 2. The van der Waals surface area contributed by atoms with Crippen molar-refractivity contribution in [1.29, 1.82) is 0 Å². The van der Waals surface area contributed by atoms with E-state index in [0.29, 0.717) is 11.8 Å². The van der Waals surface area contributed by atoms with Gasteiger partial charge in [-0.3, -0.25) is 4.79 Å². The van der Waals surface area contributed by atoms with Crippen molar-refractivity contribution < 1.29 is 14.8 Å². The first-order chi connectivity index (χ1) is 13.1. The largest absolute Gasteiger partial charge is 0.495 e. The van der Waals surface area contributed by atoms with Crippen LogP contribution in [0.5, 0.6) is 5.75 Å². The number of hydrogen-bond acceptors (Lipinski definition) is 2. The number of rotatable bonds is 6. The Morgan fingerprint density at radius 2 is 1.81 bits per heavy atom. The van der Waals surface area contributed by atoms with E-state index in [1.165, 1.54) is 25.7 Å². The summed E-state index contributed by atoms with van der Waals surface area (Å²) in [6, 6.07) is 16.2. The van der Waals surface area contributed by atoms with Gasteiger partial charge in [-0.1, -0.05) is 43.3 Å². The van der Waals surface area contributed by atoms with Gasteiger partial charge < -0.3 is 15.4 Å². The highest BCUT2D eigenvalue weighted by Gasteiger charge is 2.30. The number of ether oxygens (including phenoxy) is 1. The van der Waals surface area contributed by atoms with Gasteiger partial charge in [0.2, 0.25) is 0 Å². The lowest BCUT2D eigenvalue weighted by Crippen LogP contribution is -2.92. The molecule has 1 fully saturated rings. The Kier molecular flexibility index (Phi) is 6.51.